The third kappa shape index (κ3) is 4.46. The van der Waals surface area contributed by atoms with Crippen molar-refractivity contribution >= 4 is 28.2 Å². The minimum atomic E-state index is -0.452. The first kappa shape index (κ1) is 20.4. The monoisotopic (exact) mass is 418 g/mol. The van der Waals surface area contributed by atoms with Crippen molar-refractivity contribution in [1.29, 1.82) is 0 Å². The molecule has 154 valence electrons. The number of primary amides is 1. The van der Waals surface area contributed by atoms with E-state index >= 15 is 0 Å². The van der Waals surface area contributed by atoms with Crippen molar-refractivity contribution in [2.75, 3.05) is 5.32 Å². The summed E-state index contributed by atoms with van der Waals surface area (Å²) < 4.78 is 0. The minimum Gasteiger partial charge on any atom is -0.365 e. The van der Waals surface area contributed by atoms with E-state index in [-0.39, 0.29) is 11.8 Å². The van der Waals surface area contributed by atoms with Crippen LogP contribution in [0.15, 0.2) is 60.7 Å². The maximum absolute atomic E-state index is 13.1. The minimum absolute atomic E-state index is 0.0535. The number of hydrogen-bond acceptors (Lipinski definition) is 3. The van der Waals surface area contributed by atoms with Gasteiger partial charge < -0.3 is 11.1 Å². The van der Waals surface area contributed by atoms with Crippen LogP contribution in [0.1, 0.15) is 63.5 Å². The van der Waals surface area contributed by atoms with Gasteiger partial charge in [-0.3, -0.25) is 9.59 Å². The van der Waals surface area contributed by atoms with Crippen LogP contribution in [-0.4, -0.2) is 11.8 Å². The summed E-state index contributed by atoms with van der Waals surface area (Å²) in [5.41, 5.74) is 9.46. The van der Waals surface area contributed by atoms with Crippen LogP contribution in [0.4, 0.5) is 5.00 Å². The number of amides is 2. The SMILES string of the molecule is NC(=O)c1c(NC(=O)CC(c2ccccc2)c2ccccc2)sc2c1CCCCC2. The van der Waals surface area contributed by atoms with Crippen molar-refractivity contribution in [3.8, 4) is 0 Å². The maximum atomic E-state index is 13.1. The molecule has 4 rings (SSSR count). The summed E-state index contributed by atoms with van der Waals surface area (Å²) in [5.74, 6) is -0.610. The second-order valence-corrected chi connectivity index (χ2v) is 8.86. The largest absolute Gasteiger partial charge is 0.365 e. The Balaban J connectivity index is 1.60. The zero-order chi connectivity index (χ0) is 20.9. The van der Waals surface area contributed by atoms with Crippen molar-refractivity contribution in [3.05, 3.63) is 87.8 Å². The number of aryl methyl sites for hydroxylation is 1. The van der Waals surface area contributed by atoms with E-state index in [1.807, 2.05) is 60.7 Å². The van der Waals surface area contributed by atoms with Gasteiger partial charge in [-0.15, -0.1) is 11.3 Å². The molecule has 30 heavy (non-hydrogen) atoms. The van der Waals surface area contributed by atoms with E-state index in [9.17, 15) is 9.59 Å². The van der Waals surface area contributed by atoms with Crippen LogP contribution < -0.4 is 11.1 Å². The molecule has 0 bridgehead atoms. The summed E-state index contributed by atoms with van der Waals surface area (Å²) in [7, 11) is 0. The first-order valence-electron chi connectivity index (χ1n) is 10.5. The Morgan fingerprint density at radius 3 is 2.10 bits per heavy atom. The van der Waals surface area contributed by atoms with Crippen molar-refractivity contribution in [1.82, 2.24) is 0 Å². The van der Waals surface area contributed by atoms with Crippen LogP contribution in [0.2, 0.25) is 0 Å². The molecule has 3 N–H and O–H groups in total. The highest BCUT2D eigenvalue weighted by Crippen LogP contribution is 2.38. The van der Waals surface area contributed by atoms with Gasteiger partial charge in [0.05, 0.1) is 5.56 Å². The first-order valence-corrected chi connectivity index (χ1v) is 11.3. The summed E-state index contributed by atoms with van der Waals surface area (Å²) in [6.45, 7) is 0. The number of anilines is 1. The van der Waals surface area contributed by atoms with Crippen molar-refractivity contribution in [3.63, 3.8) is 0 Å². The van der Waals surface area contributed by atoms with Crippen LogP contribution in [0.5, 0.6) is 0 Å². The predicted molar refractivity (Wildman–Crippen MR) is 122 cm³/mol. The molecular weight excluding hydrogens is 392 g/mol. The Bertz CT molecular complexity index is 989. The van der Waals surface area contributed by atoms with Gasteiger partial charge in [-0.1, -0.05) is 67.1 Å². The summed E-state index contributed by atoms with van der Waals surface area (Å²) in [6.07, 6.45) is 5.44. The van der Waals surface area contributed by atoms with Crippen LogP contribution in [0.25, 0.3) is 0 Å². The van der Waals surface area contributed by atoms with Gasteiger partial charge in [0, 0.05) is 17.2 Å². The van der Waals surface area contributed by atoms with Gasteiger partial charge in [0.15, 0.2) is 0 Å². The van der Waals surface area contributed by atoms with E-state index in [1.54, 1.807) is 0 Å². The van der Waals surface area contributed by atoms with Gasteiger partial charge >= 0.3 is 0 Å². The van der Waals surface area contributed by atoms with E-state index in [0.29, 0.717) is 17.0 Å². The normalized spacial score (nSPS) is 13.5. The fourth-order valence-electron chi connectivity index (χ4n) is 4.25. The summed E-state index contributed by atoms with van der Waals surface area (Å²) in [5, 5.41) is 3.63. The van der Waals surface area contributed by atoms with Crippen LogP contribution >= 0.6 is 11.3 Å². The molecular formula is C25H26N2O2S. The number of fused-ring (bicyclic) bond motifs is 1. The molecule has 1 aliphatic carbocycles. The summed E-state index contributed by atoms with van der Waals surface area (Å²) in [4.78, 5) is 26.5. The number of carbonyl (C=O) groups is 2. The van der Waals surface area contributed by atoms with Crippen LogP contribution in [0, 0.1) is 0 Å². The average molecular weight is 419 g/mol. The molecule has 0 radical (unpaired) electrons. The number of carbonyl (C=O) groups excluding carboxylic acids is 2. The second-order valence-electron chi connectivity index (χ2n) is 7.76. The molecule has 1 aliphatic rings. The molecule has 5 heteroatoms. The Morgan fingerprint density at radius 1 is 0.900 bits per heavy atom. The molecule has 0 fully saturated rings. The molecule has 2 amide bonds. The topological polar surface area (TPSA) is 72.2 Å². The molecule has 4 nitrogen and oxygen atoms in total. The number of nitrogens with one attached hydrogen (secondary N) is 1. The third-order valence-corrected chi connectivity index (χ3v) is 6.92. The molecule has 3 aromatic rings. The van der Waals surface area contributed by atoms with Gasteiger partial charge in [0.25, 0.3) is 5.91 Å². The van der Waals surface area contributed by atoms with E-state index in [1.165, 1.54) is 16.2 Å². The summed E-state index contributed by atoms with van der Waals surface area (Å²) >= 11 is 1.52. The van der Waals surface area contributed by atoms with Gasteiger partial charge in [0.1, 0.15) is 5.00 Å². The van der Waals surface area contributed by atoms with E-state index in [4.69, 9.17) is 5.73 Å². The number of nitrogens with two attached hydrogens (primary N) is 1. The molecule has 0 unspecified atom stereocenters. The Kier molecular flexibility index (Phi) is 6.29. The maximum Gasteiger partial charge on any atom is 0.251 e. The first-order chi connectivity index (χ1) is 14.6. The smallest absolute Gasteiger partial charge is 0.251 e. The quantitative estimate of drug-likeness (QED) is 0.535. The standard InChI is InChI=1S/C25H26N2O2S/c26-24(29)23-19-14-8-3-9-15-21(19)30-25(23)27-22(28)16-20(17-10-4-1-5-11-17)18-12-6-2-7-13-18/h1-2,4-7,10-13,20H,3,8-9,14-16H2,(H2,26,29)(H,27,28). The number of thiophene rings is 1. The number of benzene rings is 2. The van der Waals surface area contributed by atoms with Crippen LogP contribution in [0.3, 0.4) is 0 Å². The molecule has 2 aromatic carbocycles. The highest BCUT2D eigenvalue weighted by molar-refractivity contribution is 7.17. The van der Waals surface area contributed by atoms with E-state index < -0.39 is 5.91 Å². The lowest BCUT2D eigenvalue weighted by molar-refractivity contribution is -0.116. The van der Waals surface area contributed by atoms with Crippen molar-refractivity contribution in [2.45, 2.75) is 44.4 Å². The molecule has 0 saturated carbocycles. The highest BCUT2D eigenvalue weighted by atomic mass is 32.1. The van der Waals surface area contributed by atoms with E-state index in [0.717, 1.165) is 48.8 Å². The van der Waals surface area contributed by atoms with E-state index in [2.05, 4.69) is 5.32 Å². The average Bonchev–Trinajstić information content (AvgIpc) is 2.94. The van der Waals surface area contributed by atoms with Crippen molar-refractivity contribution in [2.24, 2.45) is 5.73 Å². The number of rotatable bonds is 6. The Hall–Kier alpha value is -2.92. The highest BCUT2D eigenvalue weighted by Gasteiger charge is 2.25. The van der Waals surface area contributed by atoms with Gasteiger partial charge in [-0.2, -0.15) is 0 Å². The van der Waals surface area contributed by atoms with Gasteiger partial charge in [-0.25, -0.2) is 0 Å². The lowest BCUT2D eigenvalue weighted by Crippen LogP contribution is -2.19. The Labute approximate surface area is 181 Å². The predicted octanol–water partition coefficient (Wildman–Crippen LogP) is 5.28. The van der Waals surface area contributed by atoms with Crippen molar-refractivity contribution < 1.29 is 9.59 Å². The fraction of sp³-hybridized carbons (Fsp3) is 0.280. The fourth-order valence-corrected chi connectivity index (χ4v) is 5.56. The van der Waals surface area contributed by atoms with Gasteiger partial charge in [0.2, 0.25) is 5.91 Å². The van der Waals surface area contributed by atoms with Gasteiger partial charge in [-0.05, 0) is 42.4 Å². The van der Waals surface area contributed by atoms with Crippen LogP contribution in [-0.2, 0) is 17.6 Å². The molecule has 0 aliphatic heterocycles. The lowest BCUT2D eigenvalue weighted by atomic mass is 9.88. The molecule has 0 saturated heterocycles. The Morgan fingerprint density at radius 2 is 1.50 bits per heavy atom. The third-order valence-electron chi connectivity index (χ3n) is 5.71. The lowest BCUT2D eigenvalue weighted by Gasteiger charge is -2.18. The molecule has 0 atom stereocenters. The molecule has 1 heterocycles. The summed E-state index contributed by atoms with van der Waals surface area (Å²) in [6, 6.07) is 20.1. The number of hydrogen-bond donors (Lipinski definition) is 2. The molecule has 0 spiro atoms. The zero-order valence-electron chi connectivity index (χ0n) is 16.9. The molecule has 1 aromatic heterocycles. The second kappa shape index (κ2) is 9.26. The zero-order valence-corrected chi connectivity index (χ0v) is 17.7.